The zero-order chi connectivity index (χ0) is 45.6. The van der Waals surface area contributed by atoms with Gasteiger partial charge in [-0.15, -0.1) is 0 Å². The zero-order valence-corrected chi connectivity index (χ0v) is 25.3. The summed E-state index contributed by atoms with van der Waals surface area (Å²) < 4.78 is 139. The zero-order valence-electron chi connectivity index (χ0n) is 40.3. The number of nitrogens with zero attached hydrogens (tertiary/aromatic N) is 3. The van der Waals surface area contributed by atoms with E-state index in [0.717, 1.165) is 11.1 Å². The topological polar surface area (TPSA) is 51.8 Å². The van der Waals surface area contributed by atoms with Crippen molar-refractivity contribution in [2.45, 2.75) is 0 Å². The van der Waals surface area contributed by atoms with Crippen molar-refractivity contribution in [3.8, 4) is 67.5 Å². The van der Waals surface area contributed by atoms with E-state index in [4.69, 9.17) is 23.1 Å². The molecule has 9 rings (SSSR count). The van der Waals surface area contributed by atoms with E-state index in [-0.39, 0.29) is 33.8 Å². The van der Waals surface area contributed by atoms with E-state index in [1.165, 1.54) is 0 Å². The molecule has 49 heavy (non-hydrogen) atoms. The van der Waals surface area contributed by atoms with E-state index in [1.807, 2.05) is 54.6 Å². The van der Waals surface area contributed by atoms with Crippen molar-refractivity contribution in [2.75, 3.05) is 0 Å². The second kappa shape index (κ2) is 12.2. The summed E-state index contributed by atoms with van der Waals surface area (Å²) in [5, 5.41) is -0.630. The molecule has 0 fully saturated rings. The quantitative estimate of drug-likeness (QED) is 0.181. The summed E-state index contributed by atoms with van der Waals surface area (Å²) in [6.45, 7) is 0. The average molecular weight is 643 g/mol. The van der Waals surface area contributed by atoms with Gasteiger partial charge < -0.3 is 4.42 Å². The monoisotopic (exact) mass is 642 g/mol. The first-order chi connectivity index (χ1) is 30.5. The highest BCUT2D eigenvalue weighted by molar-refractivity contribution is 6.12. The third kappa shape index (κ3) is 5.45. The minimum absolute atomic E-state index is 0.169. The van der Waals surface area contributed by atoms with Gasteiger partial charge >= 0.3 is 0 Å². The molecule has 0 atom stereocenters. The van der Waals surface area contributed by atoms with Gasteiger partial charge in [-0.1, -0.05) is 157 Å². The molecule has 0 amide bonds. The number of benzene rings is 7. The van der Waals surface area contributed by atoms with Crippen molar-refractivity contribution in [3.63, 3.8) is 0 Å². The summed E-state index contributed by atoms with van der Waals surface area (Å²) in [6.07, 6.45) is 0. The van der Waals surface area contributed by atoms with E-state index in [2.05, 4.69) is 9.97 Å². The van der Waals surface area contributed by atoms with Gasteiger partial charge in [0.05, 0.1) is 20.6 Å². The lowest BCUT2D eigenvalue weighted by Crippen LogP contribution is -2.00. The molecule has 0 aliphatic rings. The van der Waals surface area contributed by atoms with Crippen LogP contribution in [0.3, 0.4) is 0 Å². The Hall–Kier alpha value is -6.65. The highest BCUT2D eigenvalue weighted by Gasteiger charge is 2.15. The molecule has 2 heterocycles. The van der Waals surface area contributed by atoms with E-state index < -0.39 is 124 Å². The Morgan fingerprint density at radius 2 is 0.918 bits per heavy atom. The first kappa shape index (κ1) is 17.0. The van der Waals surface area contributed by atoms with E-state index in [1.54, 1.807) is 30.3 Å². The van der Waals surface area contributed by atoms with Crippen LogP contribution in [0.25, 0.3) is 89.5 Å². The smallest absolute Gasteiger partial charge is 0.164 e. The minimum Gasteiger partial charge on any atom is -0.456 e. The maximum atomic E-state index is 9.48. The third-order valence-electron chi connectivity index (χ3n) is 7.84. The Morgan fingerprint density at radius 3 is 1.65 bits per heavy atom. The number of para-hydroxylation sites is 1. The van der Waals surface area contributed by atoms with Crippen LogP contribution in [0.2, 0.25) is 0 Å². The fourth-order valence-electron chi connectivity index (χ4n) is 5.47. The highest BCUT2D eigenvalue weighted by Crippen LogP contribution is 2.38. The molecule has 0 bridgehead atoms. The van der Waals surface area contributed by atoms with Gasteiger partial charge in [-0.05, 0) is 51.5 Å². The van der Waals surface area contributed by atoms with Crippen molar-refractivity contribution in [3.05, 3.63) is 176 Å². The first-order valence-corrected chi connectivity index (χ1v) is 15.1. The van der Waals surface area contributed by atoms with Gasteiger partial charge in [-0.2, -0.15) is 0 Å². The lowest BCUT2D eigenvalue weighted by atomic mass is 9.95. The lowest BCUT2D eigenvalue weighted by molar-refractivity contribution is 0.669. The highest BCUT2D eigenvalue weighted by atomic mass is 16.3. The Kier molecular flexibility index (Phi) is 4.21. The standard InChI is InChI=1S/C45H29N3O/c1-3-11-30(12-4-1)31-21-25-34(26-22-31)44-46-43(33-13-5-2-6-14-33)47-45(48-44)35-27-23-32(24-28-35)36-15-9-16-37(29-36)38-18-10-20-41-42(38)39-17-7-8-19-40(39)49-41/h1-29H/i7D,8D,9D,10D,15D,16D,17D,18D,19D,20D,23D,24D,27D,28D,29D. The summed E-state index contributed by atoms with van der Waals surface area (Å²) >= 11 is 0. The Morgan fingerprint density at radius 1 is 0.388 bits per heavy atom. The number of rotatable bonds is 6. The van der Waals surface area contributed by atoms with Gasteiger partial charge in [0.25, 0.3) is 0 Å². The second-order valence-electron chi connectivity index (χ2n) is 10.9. The van der Waals surface area contributed by atoms with Crippen LogP contribution in [0.1, 0.15) is 20.6 Å². The van der Waals surface area contributed by atoms with Crippen LogP contribution in [0.4, 0.5) is 0 Å². The van der Waals surface area contributed by atoms with Crippen molar-refractivity contribution < 1.29 is 25.0 Å². The molecule has 0 saturated heterocycles. The van der Waals surface area contributed by atoms with Crippen molar-refractivity contribution in [1.29, 1.82) is 0 Å². The summed E-state index contributed by atoms with van der Waals surface area (Å²) in [7, 11) is 0. The number of hydrogen-bond donors (Lipinski definition) is 0. The predicted molar refractivity (Wildman–Crippen MR) is 200 cm³/mol. The molecule has 0 N–H and O–H groups in total. The summed E-state index contributed by atoms with van der Waals surface area (Å²) in [4.78, 5) is 14.0. The van der Waals surface area contributed by atoms with Crippen LogP contribution >= 0.6 is 0 Å². The normalized spacial score (nSPS) is 15.6. The van der Waals surface area contributed by atoms with Crippen LogP contribution in [-0.4, -0.2) is 15.0 Å². The Labute approximate surface area is 305 Å². The van der Waals surface area contributed by atoms with Gasteiger partial charge in [-0.3, -0.25) is 0 Å². The fourth-order valence-corrected chi connectivity index (χ4v) is 5.47. The molecule has 2 aromatic heterocycles. The van der Waals surface area contributed by atoms with Gasteiger partial charge in [-0.25, -0.2) is 15.0 Å². The lowest BCUT2D eigenvalue weighted by Gasteiger charge is -2.10. The molecule has 0 spiro atoms. The molecule has 7 aromatic carbocycles. The largest absolute Gasteiger partial charge is 0.456 e. The molecule has 230 valence electrons. The molecular formula is C45H29N3O. The van der Waals surface area contributed by atoms with E-state index in [9.17, 15) is 6.85 Å². The molecule has 0 aliphatic heterocycles. The van der Waals surface area contributed by atoms with Crippen molar-refractivity contribution in [1.82, 2.24) is 15.0 Å². The number of aromatic nitrogens is 3. The molecule has 0 radical (unpaired) electrons. The molecule has 0 aliphatic carbocycles. The van der Waals surface area contributed by atoms with Crippen LogP contribution < -0.4 is 0 Å². The maximum Gasteiger partial charge on any atom is 0.164 e. The predicted octanol–water partition coefficient (Wildman–Crippen LogP) is 11.8. The summed E-state index contributed by atoms with van der Waals surface area (Å²) in [5.74, 6) is 0.130. The number of furan rings is 1. The third-order valence-corrected chi connectivity index (χ3v) is 7.84. The molecule has 0 saturated carbocycles. The van der Waals surface area contributed by atoms with E-state index >= 15 is 0 Å². The van der Waals surface area contributed by atoms with Gasteiger partial charge in [0, 0.05) is 27.5 Å². The van der Waals surface area contributed by atoms with Crippen LogP contribution in [0.5, 0.6) is 0 Å². The van der Waals surface area contributed by atoms with Crippen LogP contribution in [0, 0.1) is 0 Å². The molecule has 4 nitrogen and oxygen atoms in total. The summed E-state index contributed by atoms with van der Waals surface area (Å²) in [6, 6.07) is 15.1. The second-order valence-corrected chi connectivity index (χ2v) is 10.9. The maximum absolute atomic E-state index is 9.48. The summed E-state index contributed by atoms with van der Waals surface area (Å²) in [5.41, 5.74) is -0.449. The van der Waals surface area contributed by atoms with Crippen molar-refractivity contribution >= 4 is 21.9 Å². The molecule has 9 aromatic rings. The first-order valence-electron chi connectivity index (χ1n) is 22.6. The molecular weight excluding hydrogens is 599 g/mol. The average Bonchev–Trinajstić information content (AvgIpc) is 3.71. The van der Waals surface area contributed by atoms with Crippen molar-refractivity contribution in [2.24, 2.45) is 0 Å². The van der Waals surface area contributed by atoms with Gasteiger partial charge in [0.1, 0.15) is 11.2 Å². The van der Waals surface area contributed by atoms with Crippen LogP contribution in [0.15, 0.2) is 180 Å². The number of fused-ring (bicyclic) bond motifs is 3. The minimum atomic E-state index is -0.849. The number of hydrogen-bond acceptors (Lipinski definition) is 4. The Bertz CT molecular complexity index is 3410. The van der Waals surface area contributed by atoms with Gasteiger partial charge in [0.2, 0.25) is 0 Å². The Balaban J connectivity index is 1.28. The molecule has 4 heteroatoms. The van der Waals surface area contributed by atoms with Gasteiger partial charge in [0.15, 0.2) is 17.5 Å². The van der Waals surface area contributed by atoms with Crippen LogP contribution in [-0.2, 0) is 0 Å². The molecule has 0 unspecified atom stereocenters. The SMILES string of the molecule is [2H]c1c([2H])c(-c2c([2H])c([2H])c(-c3nc(-c4ccccc4)nc(-c4ccc(-c5ccccc5)cc4)n3)c([2H])c2[2H])c([2H])c(-c2c([2H])c([2H])c([2H])c3oc4c([2H])c([2H])c([2H])c([2H])c4c23)c1[2H]. The van der Waals surface area contributed by atoms with E-state index in [0.29, 0.717) is 11.1 Å². The fraction of sp³-hybridized carbons (Fsp3) is 0.